The van der Waals surface area contributed by atoms with Gasteiger partial charge in [-0.1, -0.05) is 214 Å². The molecule has 8 aromatic rings. The van der Waals surface area contributed by atoms with Crippen molar-refractivity contribution in [2.75, 3.05) is 18.2 Å². The van der Waals surface area contributed by atoms with Gasteiger partial charge in [0.2, 0.25) is 0 Å². The summed E-state index contributed by atoms with van der Waals surface area (Å²) in [5, 5.41) is 9.42. The average Bonchev–Trinajstić information content (AvgIpc) is 1.57. The lowest BCUT2D eigenvalue weighted by atomic mass is 9.81. The van der Waals surface area contributed by atoms with Gasteiger partial charge in [0.05, 0.1) is 9.06 Å². The molecule has 4 aromatic heterocycles. The molecule has 96 heavy (non-hydrogen) atoms. The summed E-state index contributed by atoms with van der Waals surface area (Å²) >= 11 is 18.5. The summed E-state index contributed by atoms with van der Waals surface area (Å²) in [4.78, 5) is 85.9. The van der Waals surface area contributed by atoms with Crippen LogP contribution in [0, 0.1) is 0 Å². The van der Waals surface area contributed by atoms with E-state index in [9.17, 15) is 33.9 Å². The van der Waals surface area contributed by atoms with Gasteiger partial charge in [-0.25, -0.2) is 0 Å². The molecule has 500 valence electrons. The van der Waals surface area contributed by atoms with Crippen LogP contribution in [0.5, 0.6) is 0 Å². The second-order valence-corrected chi connectivity index (χ2v) is 32.4. The van der Waals surface area contributed by atoms with Gasteiger partial charge < -0.3 is 14.7 Å². The molecule has 2 aliphatic heterocycles. The minimum atomic E-state index is -1.17. The zero-order valence-electron chi connectivity index (χ0n) is 54.8. The quantitative estimate of drug-likeness (QED) is 0.0250. The van der Waals surface area contributed by atoms with E-state index in [0.29, 0.717) is 36.4 Å². The molecule has 6 heterocycles. The number of hydrogen-bond acceptors (Lipinski definition) is 16. The fraction of sp³-hybridized carbons (Fsp3) is 0.360. The Kier molecular flexibility index (Phi) is 23.7. The predicted octanol–water partition coefficient (Wildman–Crippen LogP) is 16.0. The first-order valence-corrected chi connectivity index (χ1v) is 39.0. The second-order valence-electron chi connectivity index (χ2n) is 24.9. The van der Waals surface area contributed by atoms with Gasteiger partial charge in [-0.2, -0.15) is 0 Å². The minimum absolute atomic E-state index is 0.148. The largest absolute Gasteiger partial charge is 0.480 e. The highest BCUT2D eigenvalue weighted by Crippen LogP contribution is 2.51. The van der Waals surface area contributed by atoms with E-state index in [-0.39, 0.29) is 43.3 Å². The van der Waals surface area contributed by atoms with Gasteiger partial charge in [0.15, 0.2) is 11.1 Å². The van der Waals surface area contributed by atoms with Crippen LogP contribution in [0.25, 0.3) is 54.0 Å². The van der Waals surface area contributed by atoms with Crippen molar-refractivity contribution in [1.29, 1.82) is 0 Å². The van der Waals surface area contributed by atoms with Crippen LogP contribution in [-0.2, 0) is 48.8 Å². The molecule has 2 fully saturated rings. The van der Waals surface area contributed by atoms with Crippen LogP contribution in [0.4, 0.5) is 17.1 Å². The molecular formula is C75H79N5O8S8. The van der Waals surface area contributed by atoms with Crippen molar-refractivity contribution in [3.05, 3.63) is 175 Å². The maximum atomic E-state index is 13.8. The van der Waals surface area contributed by atoms with Crippen molar-refractivity contribution in [2.24, 2.45) is 0 Å². The molecular weight excluding hydrogens is 1360 g/mol. The van der Waals surface area contributed by atoms with Gasteiger partial charge >= 0.3 is 5.97 Å². The Labute approximate surface area is 595 Å². The van der Waals surface area contributed by atoms with Gasteiger partial charge in [0.1, 0.15) is 30.0 Å². The number of thiophene rings is 2. The molecule has 3 aliphatic rings. The Bertz CT molecular complexity index is 4630. The fourth-order valence-electron chi connectivity index (χ4n) is 12.9. The molecule has 0 saturated carbocycles. The first kappa shape index (κ1) is 70.5. The van der Waals surface area contributed by atoms with Gasteiger partial charge in [0.25, 0.3) is 29.4 Å². The van der Waals surface area contributed by atoms with Crippen LogP contribution in [0.1, 0.15) is 164 Å². The predicted molar refractivity (Wildman–Crippen MR) is 408 cm³/mol. The smallest absolute Gasteiger partial charge is 0.323 e. The van der Waals surface area contributed by atoms with Crippen LogP contribution in [-0.4, -0.2) is 70.2 Å². The highest BCUT2D eigenvalue weighted by atomic mass is 32.2. The lowest BCUT2D eigenvalue weighted by Crippen LogP contribution is -2.35. The maximum Gasteiger partial charge on any atom is 0.323 e. The summed E-state index contributed by atoms with van der Waals surface area (Å²) in [6.07, 6.45) is 26.6. The monoisotopic (exact) mass is 1430 g/mol. The van der Waals surface area contributed by atoms with E-state index in [1.807, 2.05) is 38.1 Å². The van der Waals surface area contributed by atoms with Crippen molar-refractivity contribution < 1.29 is 29.0 Å². The van der Waals surface area contributed by atoms with Gasteiger partial charge in [-0.05, 0) is 138 Å². The van der Waals surface area contributed by atoms with Crippen molar-refractivity contribution >= 4 is 165 Å². The molecule has 21 heteroatoms. The molecule has 0 spiro atoms. The van der Waals surface area contributed by atoms with Gasteiger partial charge in [-0.15, -0.1) is 45.3 Å². The number of aliphatic carboxylic acids is 1. The van der Waals surface area contributed by atoms with Crippen LogP contribution in [0.3, 0.4) is 0 Å². The Balaban J connectivity index is 0.835. The first-order valence-electron chi connectivity index (χ1n) is 33.3. The summed E-state index contributed by atoms with van der Waals surface area (Å²) in [6.45, 7) is 10.8. The van der Waals surface area contributed by atoms with E-state index in [1.54, 1.807) is 31.8 Å². The SMILES string of the molecule is CCCCCCCCCCCCCCCCCCc1ccc2c(c1)C(C)(C)c1cc(N(c3ccc(-c4ccc(/C=c5\s/c(=C6/SC(=S)N(COC=O)C6=O)n(CC)c5=O)s4)cc3)c3ccc(-c4ccc(/C=c5\s/c(=C6/SC(=S)N(CC(=O)O)C6=O)n(CC)c5=O)s4)cc3)ccc1-2. The highest BCUT2D eigenvalue weighted by Gasteiger charge is 2.38. The van der Waals surface area contributed by atoms with Crippen molar-refractivity contribution in [1.82, 2.24) is 18.9 Å². The Hall–Kier alpha value is -6.82. The number of carboxylic acid groups (broad SMARTS) is 1. The van der Waals surface area contributed by atoms with Crippen LogP contribution in [0.2, 0.25) is 0 Å². The minimum Gasteiger partial charge on any atom is -0.480 e. The fourth-order valence-corrected chi connectivity index (χ4v) is 20.0. The third-order valence-corrected chi connectivity index (χ3v) is 25.6. The number of rotatable bonds is 31. The second kappa shape index (κ2) is 32.2. The lowest BCUT2D eigenvalue weighted by Gasteiger charge is -2.28. The summed E-state index contributed by atoms with van der Waals surface area (Å²) in [5.41, 5.74) is 10.9. The number of amides is 2. The number of aryl methyl sites for hydroxylation is 1. The number of thiocarbonyl (C=S) groups is 2. The number of ether oxygens (including phenoxy) is 1. The van der Waals surface area contributed by atoms with E-state index in [4.69, 9.17) is 29.2 Å². The number of carbonyl (C=O) groups is 4. The summed E-state index contributed by atoms with van der Waals surface area (Å²) < 4.78 is 10.3. The zero-order valence-corrected chi connectivity index (χ0v) is 61.3. The summed E-state index contributed by atoms with van der Waals surface area (Å²) in [6, 6.07) is 39.3. The lowest BCUT2D eigenvalue weighted by molar-refractivity contribution is -0.140. The number of carbonyl (C=O) groups excluding carboxylic acids is 3. The van der Waals surface area contributed by atoms with Crippen molar-refractivity contribution in [3.8, 4) is 32.0 Å². The standard InChI is InChI=1S/C75H79N5O8S8/c1-6-9-10-11-12-13-14-15-16-17-18-19-20-21-22-23-24-48-25-37-56-57-38-34-53(42-59(57)75(4,5)58(56)41-48)80(51-30-26-49(27-31-51)60-39-35-54(91-60)43-62-67(84)76(7-2)71(93-62)65-69(86)78(45-64(82)83)73(89)95-65)52-32-28-50(29-33-52)61-40-36-55(92-61)44-63-68(85)77(8-3)72(94-63)66-70(87)79(46-88-47-81)74(90)96-66/h25-44,47H,6-24,45-46H2,1-5H3,(H,82,83)/b62-43-,63-44-,71-65+,72-66+. The van der Waals surface area contributed by atoms with Crippen molar-refractivity contribution in [2.45, 2.75) is 162 Å². The molecule has 2 amide bonds. The van der Waals surface area contributed by atoms with Crippen LogP contribution < -0.4 is 34.4 Å². The Morgan fingerprint density at radius 2 is 0.979 bits per heavy atom. The average molecular weight is 1440 g/mol. The number of nitrogens with zero attached hydrogens (tertiary/aromatic N) is 5. The zero-order chi connectivity index (χ0) is 67.6. The number of thioether (sulfide) groups is 2. The topological polar surface area (TPSA) is 151 Å². The number of anilines is 3. The number of carboxylic acids is 1. The third-order valence-electron chi connectivity index (χ3n) is 18.0. The van der Waals surface area contributed by atoms with E-state index in [2.05, 4.69) is 123 Å². The van der Waals surface area contributed by atoms with Gasteiger partial charge in [0, 0.05) is 55.1 Å². The van der Waals surface area contributed by atoms with E-state index < -0.39 is 24.3 Å². The van der Waals surface area contributed by atoms with Crippen LogP contribution in [0.15, 0.2) is 119 Å². The molecule has 13 nitrogen and oxygen atoms in total. The number of aromatic nitrogens is 2. The molecule has 1 N–H and O–H groups in total. The Morgan fingerprint density at radius 1 is 0.542 bits per heavy atom. The number of fused-ring (bicyclic) bond motifs is 3. The Morgan fingerprint density at radius 3 is 1.45 bits per heavy atom. The third kappa shape index (κ3) is 15.7. The summed E-state index contributed by atoms with van der Waals surface area (Å²) in [5.74, 6) is -2.09. The molecule has 0 atom stereocenters. The van der Waals surface area contributed by atoms with E-state index in [0.717, 1.165) is 82.5 Å². The molecule has 0 unspecified atom stereocenters. The highest BCUT2D eigenvalue weighted by molar-refractivity contribution is 8.30. The first-order chi connectivity index (χ1) is 46.5. The molecule has 11 rings (SSSR count). The molecule has 4 aromatic carbocycles. The normalized spacial score (nSPS) is 15.8. The van der Waals surface area contributed by atoms with E-state index in [1.165, 1.54) is 158 Å². The van der Waals surface area contributed by atoms with Gasteiger partial charge in [-0.3, -0.25) is 47.7 Å². The summed E-state index contributed by atoms with van der Waals surface area (Å²) in [7, 11) is 0. The van der Waals surface area contributed by atoms with E-state index >= 15 is 0 Å². The van der Waals surface area contributed by atoms with Crippen molar-refractivity contribution in [3.63, 3.8) is 0 Å². The number of unbranched alkanes of at least 4 members (excludes halogenated alkanes) is 15. The number of benzene rings is 4. The molecule has 0 radical (unpaired) electrons. The molecule has 1 aliphatic carbocycles. The maximum absolute atomic E-state index is 13.8. The molecule has 2 saturated heterocycles. The number of thiazole rings is 2. The molecule has 0 bridgehead atoms. The van der Waals surface area contributed by atoms with Crippen LogP contribution >= 0.6 is 93.3 Å². The number of hydrogen-bond donors (Lipinski definition) is 1.